The van der Waals surface area contributed by atoms with Gasteiger partial charge in [0.25, 0.3) is 5.91 Å². The van der Waals surface area contributed by atoms with E-state index >= 15 is 0 Å². The first-order chi connectivity index (χ1) is 13.5. The molecular formula is C22H29ClN2O3. The number of hydrogen-bond donors (Lipinski definition) is 1. The number of nitrogens with one attached hydrogen (secondary N) is 1. The molecule has 0 heterocycles. The van der Waals surface area contributed by atoms with Crippen molar-refractivity contribution >= 4 is 17.5 Å². The van der Waals surface area contributed by atoms with E-state index in [1.165, 1.54) is 5.56 Å². The van der Waals surface area contributed by atoms with Crippen LogP contribution in [0.5, 0.6) is 11.5 Å². The summed E-state index contributed by atoms with van der Waals surface area (Å²) in [6, 6.07) is 11.4. The number of nitrogens with zero attached hydrogens (tertiary/aromatic N) is 1. The average Bonchev–Trinajstić information content (AvgIpc) is 2.66. The maximum atomic E-state index is 12.7. The van der Waals surface area contributed by atoms with Crippen LogP contribution >= 0.6 is 11.6 Å². The molecule has 0 bridgehead atoms. The third kappa shape index (κ3) is 6.14. The Kier molecular flexibility index (Phi) is 8.61. The molecule has 5 nitrogen and oxygen atoms in total. The molecule has 1 amide bonds. The minimum absolute atomic E-state index is 0.204. The monoisotopic (exact) mass is 404 g/mol. The first kappa shape index (κ1) is 22.1. The van der Waals surface area contributed by atoms with Crippen LogP contribution in [0.3, 0.4) is 0 Å². The highest BCUT2D eigenvalue weighted by molar-refractivity contribution is 6.32. The molecule has 0 atom stereocenters. The molecule has 1 N–H and O–H groups in total. The number of carbonyl (C=O) groups is 1. The Labute approximate surface area is 172 Å². The Morgan fingerprint density at radius 3 is 2.46 bits per heavy atom. The van der Waals surface area contributed by atoms with Gasteiger partial charge in [-0.05, 0) is 50.7 Å². The van der Waals surface area contributed by atoms with Crippen molar-refractivity contribution in [2.75, 3.05) is 27.3 Å². The molecule has 0 aliphatic carbocycles. The predicted molar refractivity (Wildman–Crippen MR) is 113 cm³/mol. The van der Waals surface area contributed by atoms with Crippen LogP contribution in [0.1, 0.15) is 41.8 Å². The fourth-order valence-electron chi connectivity index (χ4n) is 2.81. The van der Waals surface area contributed by atoms with Crippen molar-refractivity contribution in [3.63, 3.8) is 0 Å². The van der Waals surface area contributed by atoms with E-state index in [-0.39, 0.29) is 5.91 Å². The third-order valence-corrected chi connectivity index (χ3v) is 4.35. The fourth-order valence-corrected chi connectivity index (χ4v) is 3.07. The zero-order valence-electron chi connectivity index (χ0n) is 17.0. The van der Waals surface area contributed by atoms with Gasteiger partial charge in [-0.15, -0.1) is 0 Å². The molecule has 0 fully saturated rings. The second kappa shape index (κ2) is 10.9. The first-order valence-electron chi connectivity index (χ1n) is 9.55. The molecule has 0 spiro atoms. The zero-order valence-corrected chi connectivity index (χ0v) is 17.8. The molecule has 0 aromatic heterocycles. The largest absolute Gasteiger partial charge is 0.490 e. The van der Waals surface area contributed by atoms with Gasteiger partial charge in [-0.1, -0.05) is 42.8 Å². The smallest absolute Gasteiger partial charge is 0.251 e. The van der Waals surface area contributed by atoms with Crippen LogP contribution in [0.2, 0.25) is 5.02 Å². The number of hydrogen-bond acceptors (Lipinski definition) is 4. The molecule has 0 unspecified atom stereocenters. The molecule has 0 aliphatic rings. The van der Waals surface area contributed by atoms with E-state index in [0.29, 0.717) is 41.8 Å². The average molecular weight is 405 g/mol. The lowest BCUT2D eigenvalue weighted by atomic mass is 10.1. The predicted octanol–water partition coefficient (Wildman–Crippen LogP) is 4.52. The summed E-state index contributed by atoms with van der Waals surface area (Å²) in [5.41, 5.74) is 2.72. The molecular weight excluding hydrogens is 376 g/mol. The van der Waals surface area contributed by atoms with Gasteiger partial charge in [0.05, 0.1) is 18.2 Å². The topological polar surface area (TPSA) is 50.8 Å². The van der Waals surface area contributed by atoms with Gasteiger partial charge in [0.15, 0.2) is 11.5 Å². The molecule has 28 heavy (non-hydrogen) atoms. The van der Waals surface area contributed by atoms with E-state index in [9.17, 15) is 4.79 Å². The number of rotatable bonds is 10. The Morgan fingerprint density at radius 1 is 1.11 bits per heavy atom. The second-order valence-electron chi connectivity index (χ2n) is 6.76. The molecule has 2 aromatic carbocycles. The molecule has 0 saturated carbocycles. The van der Waals surface area contributed by atoms with Gasteiger partial charge in [0.1, 0.15) is 0 Å². The standard InChI is InChI=1S/C22H29ClN2O3/c1-5-11-28-21-19(23)12-18(13-20(21)27-6-2)22(26)24-14-16-9-7-8-10-17(16)15-25(3)4/h7-10,12-13H,5-6,11,14-15H2,1-4H3,(H,24,26). The molecule has 2 aromatic rings. The third-order valence-electron chi connectivity index (χ3n) is 4.07. The molecule has 2 rings (SSSR count). The molecule has 0 saturated heterocycles. The van der Waals surface area contributed by atoms with E-state index in [1.54, 1.807) is 12.1 Å². The second-order valence-corrected chi connectivity index (χ2v) is 7.16. The summed E-state index contributed by atoms with van der Waals surface area (Å²) >= 11 is 6.36. The molecule has 0 aliphatic heterocycles. The van der Waals surface area contributed by atoms with Crippen LogP contribution in [0.4, 0.5) is 0 Å². The van der Waals surface area contributed by atoms with Crippen LogP contribution in [0.15, 0.2) is 36.4 Å². The summed E-state index contributed by atoms with van der Waals surface area (Å²) in [5, 5.41) is 3.35. The van der Waals surface area contributed by atoms with Gasteiger partial charge in [-0.25, -0.2) is 0 Å². The maximum Gasteiger partial charge on any atom is 0.251 e. The number of carbonyl (C=O) groups excluding carboxylic acids is 1. The lowest BCUT2D eigenvalue weighted by Crippen LogP contribution is -2.24. The fraction of sp³-hybridized carbons (Fsp3) is 0.409. The molecule has 0 radical (unpaired) electrons. The molecule has 6 heteroatoms. The Balaban J connectivity index is 2.16. The van der Waals surface area contributed by atoms with Crippen LogP contribution in [0, 0.1) is 0 Å². The lowest BCUT2D eigenvalue weighted by molar-refractivity contribution is 0.0950. The van der Waals surface area contributed by atoms with E-state index in [4.69, 9.17) is 21.1 Å². The van der Waals surface area contributed by atoms with Gasteiger partial charge in [0.2, 0.25) is 0 Å². The molecule has 152 valence electrons. The highest BCUT2D eigenvalue weighted by Gasteiger charge is 2.16. The Bertz CT molecular complexity index is 793. The van der Waals surface area contributed by atoms with Crippen molar-refractivity contribution < 1.29 is 14.3 Å². The summed E-state index contributed by atoms with van der Waals surface area (Å²) < 4.78 is 11.3. The van der Waals surface area contributed by atoms with E-state index < -0.39 is 0 Å². The van der Waals surface area contributed by atoms with Crippen LogP contribution in [-0.4, -0.2) is 38.1 Å². The number of ether oxygens (including phenoxy) is 2. The van der Waals surface area contributed by atoms with Gasteiger partial charge in [-0.2, -0.15) is 0 Å². The highest BCUT2D eigenvalue weighted by Crippen LogP contribution is 2.36. The van der Waals surface area contributed by atoms with E-state index in [0.717, 1.165) is 18.5 Å². The summed E-state index contributed by atoms with van der Waals surface area (Å²) in [7, 11) is 4.05. The highest BCUT2D eigenvalue weighted by atomic mass is 35.5. The summed E-state index contributed by atoms with van der Waals surface area (Å²) in [5.74, 6) is 0.768. The minimum Gasteiger partial charge on any atom is -0.490 e. The van der Waals surface area contributed by atoms with Crippen LogP contribution in [-0.2, 0) is 13.1 Å². The van der Waals surface area contributed by atoms with Gasteiger partial charge in [-0.3, -0.25) is 4.79 Å². The maximum absolute atomic E-state index is 12.7. The summed E-state index contributed by atoms with van der Waals surface area (Å²) in [6.07, 6.45) is 0.858. The van der Waals surface area contributed by atoms with Crippen molar-refractivity contribution in [3.05, 3.63) is 58.1 Å². The van der Waals surface area contributed by atoms with Gasteiger partial charge >= 0.3 is 0 Å². The van der Waals surface area contributed by atoms with Gasteiger partial charge in [0, 0.05) is 18.7 Å². The number of benzene rings is 2. The van der Waals surface area contributed by atoms with Gasteiger partial charge < -0.3 is 19.7 Å². The minimum atomic E-state index is -0.204. The van der Waals surface area contributed by atoms with Crippen LogP contribution in [0.25, 0.3) is 0 Å². The van der Waals surface area contributed by atoms with Crippen molar-refractivity contribution in [2.24, 2.45) is 0 Å². The van der Waals surface area contributed by atoms with Crippen molar-refractivity contribution in [1.29, 1.82) is 0 Å². The van der Waals surface area contributed by atoms with Crippen molar-refractivity contribution in [1.82, 2.24) is 10.2 Å². The number of amides is 1. The Morgan fingerprint density at radius 2 is 1.82 bits per heavy atom. The quantitative estimate of drug-likeness (QED) is 0.632. The van der Waals surface area contributed by atoms with E-state index in [1.807, 2.05) is 46.1 Å². The van der Waals surface area contributed by atoms with Crippen LogP contribution < -0.4 is 14.8 Å². The summed E-state index contributed by atoms with van der Waals surface area (Å²) in [6.45, 7) is 6.15. The SMILES string of the molecule is CCCOc1c(Cl)cc(C(=O)NCc2ccccc2CN(C)C)cc1OCC. The first-order valence-corrected chi connectivity index (χ1v) is 9.92. The zero-order chi connectivity index (χ0) is 20.5. The normalized spacial score (nSPS) is 10.8. The lowest BCUT2D eigenvalue weighted by Gasteiger charge is -2.16. The van der Waals surface area contributed by atoms with E-state index in [2.05, 4.69) is 16.3 Å². The Hall–Kier alpha value is -2.24. The van der Waals surface area contributed by atoms with Crippen molar-refractivity contribution in [3.8, 4) is 11.5 Å². The number of halogens is 1. The summed E-state index contributed by atoms with van der Waals surface area (Å²) in [4.78, 5) is 14.8. The van der Waals surface area contributed by atoms with Crippen molar-refractivity contribution in [2.45, 2.75) is 33.4 Å².